The van der Waals surface area contributed by atoms with Crippen LogP contribution in [0.3, 0.4) is 0 Å². The zero-order chi connectivity index (χ0) is 13.2. The number of nitrogens with two attached hydrogens (primary N) is 1. The van der Waals surface area contributed by atoms with Gasteiger partial charge in [-0.1, -0.05) is 35.2 Å². The maximum absolute atomic E-state index is 14.5. The molecule has 0 saturated heterocycles. The smallest absolute Gasteiger partial charge is 0.168 e. The lowest BCUT2D eigenvalue weighted by atomic mass is 9.69. The maximum Gasteiger partial charge on any atom is 0.168 e. The molecular formula is C14H19BrFNO. The third kappa shape index (κ3) is 2.41. The highest BCUT2D eigenvalue weighted by Gasteiger charge is 2.36. The van der Waals surface area contributed by atoms with E-state index in [9.17, 15) is 4.39 Å². The van der Waals surface area contributed by atoms with Crippen LogP contribution in [0.4, 0.5) is 4.39 Å². The van der Waals surface area contributed by atoms with Gasteiger partial charge in [0, 0.05) is 22.0 Å². The predicted octanol–water partition coefficient (Wildman–Crippen LogP) is 3.76. The highest BCUT2D eigenvalue weighted by Crippen LogP contribution is 2.42. The number of hydrogen-bond donors (Lipinski definition) is 1. The summed E-state index contributed by atoms with van der Waals surface area (Å²) in [6, 6.07) is 3.52. The summed E-state index contributed by atoms with van der Waals surface area (Å²) in [5.74, 6) is 0.0332. The molecule has 100 valence electrons. The summed E-state index contributed by atoms with van der Waals surface area (Å²) in [5, 5.41) is 0. The lowest BCUT2D eigenvalue weighted by Crippen LogP contribution is -2.38. The molecule has 1 aliphatic carbocycles. The van der Waals surface area contributed by atoms with Gasteiger partial charge in [0.25, 0.3) is 0 Å². The molecule has 0 aromatic heterocycles. The van der Waals surface area contributed by atoms with Crippen LogP contribution in [0.1, 0.15) is 37.7 Å². The van der Waals surface area contributed by atoms with Crippen LogP contribution in [0.15, 0.2) is 16.6 Å². The molecular weight excluding hydrogens is 297 g/mol. The quantitative estimate of drug-likeness (QED) is 0.921. The molecule has 0 spiro atoms. The average Bonchev–Trinajstić information content (AvgIpc) is 2.41. The van der Waals surface area contributed by atoms with Crippen LogP contribution >= 0.6 is 15.9 Å². The normalized spacial score (nSPS) is 18.7. The molecule has 0 heterocycles. The van der Waals surface area contributed by atoms with E-state index in [-0.39, 0.29) is 17.0 Å². The molecule has 1 saturated carbocycles. The van der Waals surface area contributed by atoms with E-state index in [1.165, 1.54) is 13.5 Å². The minimum Gasteiger partial charge on any atom is -0.494 e. The van der Waals surface area contributed by atoms with Crippen molar-refractivity contribution in [1.29, 1.82) is 0 Å². The van der Waals surface area contributed by atoms with Gasteiger partial charge >= 0.3 is 0 Å². The van der Waals surface area contributed by atoms with E-state index in [2.05, 4.69) is 15.9 Å². The largest absolute Gasteiger partial charge is 0.494 e. The molecule has 18 heavy (non-hydrogen) atoms. The zero-order valence-corrected chi connectivity index (χ0v) is 12.2. The summed E-state index contributed by atoms with van der Waals surface area (Å²) in [4.78, 5) is 0. The third-order valence-electron chi connectivity index (χ3n) is 4.00. The fourth-order valence-corrected chi connectivity index (χ4v) is 3.35. The Labute approximate surface area is 116 Å². The minimum atomic E-state index is -0.256. The topological polar surface area (TPSA) is 35.2 Å². The fraction of sp³-hybridized carbons (Fsp3) is 0.571. The van der Waals surface area contributed by atoms with Crippen LogP contribution in [0.5, 0.6) is 5.75 Å². The molecule has 1 aliphatic rings. The Bertz CT molecular complexity index is 430. The lowest BCUT2D eigenvalue weighted by Gasteiger charge is -2.37. The second-order valence-electron chi connectivity index (χ2n) is 5.01. The first kappa shape index (κ1) is 13.8. The third-order valence-corrected chi connectivity index (χ3v) is 4.45. The van der Waals surface area contributed by atoms with Gasteiger partial charge in [-0.3, -0.25) is 0 Å². The van der Waals surface area contributed by atoms with E-state index in [0.29, 0.717) is 12.1 Å². The highest BCUT2D eigenvalue weighted by atomic mass is 79.9. The molecule has 0 unspecified atom stereocenters. The van der Waals surface area contributed by atoms with Gasteiger partial charge in [-0.15, -0.1) is 0 Å². The standard InChI is InChI=1S/C14H19BrFNO/c1-18-12-8-10(15)7-11(13(12)16)14(9-17)5-3-2-4-6-14/h7-8H,2-6,9,17H2,1H3. The number of hydrogen-bond acceptors (Lipinski definition) is 2. The molecule has 0 bridgehead atoms. The summed E-state index contributed by atoms with van der Waals surface area (Å²) >= 11 is 3.42. The Kier molecular flexibility index (Phi) is 4.28. The van der Waals surface area contributed by atoms with Crippen LogP contribution in [-0.4, -0.2) is 13.7 Å². The van der Waals surface area contributed by atoms with Crippen molar-refractivity contribution in [2.45, 2.75) is 37.5 Å². The second-order valence-corrected chi connectivity index (χ2v) is 5.93. The van der Waals surface area contributed by atoms with Gasteiger partial charge < -0.3 is 10.5 Å². The molecule has 1 aromatic rings. The van der Waals surface area contributed by atoms with Gasteiger partial charge in [0.1, 0.15) is 0 Å². The fourth-order valence-electron chi connectivity index (χ4n) is 2.91. The van der Waals surface area contributed by atoms with Crippen molar-refractivity contribution in [3.8, 4) is 5.75 Å². The van der Waals surface area contributed by atoms with E-state index in [1.807, 2.05) is 6.07 Å². The molecule has 2 nitrogen and oxygen atoms in total. The Morgan fingerprint density at radius 1 is 1.33 bits per heavy atom. The average molecular weight is 316 g/mol. The van der Waals surface area contributed by atoms with Crippen LogP contribution in [0.25, 0.3) is 0 Å². The first-order chi connectivity index (χ1) is 8.63. The summed E-state index contributed by atoms with van der Waals surface area (Å²) < 4.78 is 20.4. The Morgan fingerprint density at radius 3 is 2.56 bits per heavy atom. The minimum absolute atomic E-state index is 0.223. The van der Waals surface area contributed by atoms with Crippen LogP contribution in [0, 0.1) is 5.82 Å². The van der Waals surface area contributed by atoms with Gasteiger partial charge in [-0.2, -0.15) is 0 Å². The van der Waals surface area contributed by atoms with Gasteiger partial charge in [0.2, 0.25) is 0 Å². The summed E-state index contributed by atoms with van der Waals surface area (Å²) in [5.41, 5.74) is 6.44. The van der Waals surface area contributed by atoms with Crippen molar-refractivity contribution in [2.75, 3.05) is 13.7 Å². The van der Waals surface area contributed by atoms with Gasteiger partial charge in [-0.05, 0) is 25.0 Å². The van der Waals surface area contributed by atoms with Crippen LogP contribution in [-0.2, 0) is 5.41 Å². The molecule has 0 aliphatic heterocycles. The van der Waals surface area contributed by atoms with Gasteiger partial charge in [-0.25, -0.2) is 4.39 Å². The highest BCUT2D eigenvalue weighted by molar-refractivity contribution is 9.10. The van der Waals surface area contributed by atoms with Crippen LogP contribution < -0.4 is 10.5 Å². The molecule has 1 aromatic carbocycles. The summed E-state index contributed by atoms with van der Waals surface area (Å²) in [7, 11) is 1.49. The van der Waals surface area contributed by atoms with Crippen molar-refractivity contribution in [3.63, 3.8) is 0 Å². The molecule has 0 atom stereocenters. The van der Waals surface area contributed by atoms with Crippen molar-refractivity contribution in [1.82, 2.24) is 0 Å². The van der Waals surface area contributed by atoms with E-state index in [1.54, 1.807) is 6.07 Å². The van der Waals surface area contributed by atoms with Gasteiger partial charge in [0.15, 0.2) is 11.6 Å². The van der Waals surface area contributed by atoms with E-state index >= 15 is 0 Å². The molecule has 0 radical (unpaired) electrons. The van der Waals surface area contributed by atoms with Crippen LogP contribution in [0.2, 0.25) is 0 Å². The van der Waals surface area contributed by atoms with Crippen molar-refractivity contribution in [3.05, 3.63) is 28.0 Å². The molecule has 1 fully saturated rings. The molecule has 2 rings (SSSR count). The van der Waals surface area contributed by atoms with Gasteiger partial charge in [0.05, 0.1) is 7.11 Å². The van der Waals surface area contributed by atoms with Crippen molar-refractivity contribution < 1.29 is 9.13 Å². The zero-order valence-electron chi connectivity index (χ0n) is 10.6. The van der Waals surface area contributed by atoms with E-state index < -0.39 is 0 Å². The first-order valence-corrected chi connectivity index (χ1v) is 7.16. The van der Waals surface area contributed by atoms with E-state index in [0.717, 1.165) is 30.2 Å². The number of methoxy groups -OCH3 is 1. The predicted molar refractivity (Wildman–Crippen MR) is 74.5 cm³/mol. The SMILES string of the molecule is COc1cc(Br)cc(C2(CN)CCCCC2)c1F. The Balaban J connectivity index is 2.50. The van der Waals surface area contributed by atoms with Crippen molar-refractivity contribution in [2.24, 2.45) is 5.73 Å². The number of halogens is 2. The molecule has 2 N–H and O–H groups in total. The molecule has 4 heteroatoms. The summed E-state index contributed by atoms with van der Waals surface area (Å²) in [6.07, 6.45) is 5.37. The molecule has 0 amide bonds. The second kappa shape index (κ2) is 5.57. The number of rotatable bonds is 3. The number of benzene rings is 1. The number of ether oxygens (including phenoxy) is 1. The van der Waals surface area contributed by atoms with Crippen molar-refractivity contribution >= 4 is 15.9 Å². The first-order valence-electron chi connectivity index (χ1n) is 6.36. The summed E-state index contributed by atoms with van der Waals surface area (Å²) in [6.45, 7) is 0.490. The maximum atomic E-state index is 14.5. The van der Waals surface area contributed by atoms with E-state index in [4.69, 9.17) is 10.5 Å². The Morgan fingerprint density at radius 2 is 2.00 bits per heavy atom. The lowest BCUT2D eigenvalue weighted by molar-refractivity contribution is 0.286. The Hall–Kier alpha value is -0.610. The monoisotopic (exact) mass is 315 g/mol.